The number of allylic oxidation sites excluding steroid dienone is 1. The van der Waals surface area contributed by atoms with Crippen molar-refractivity contribution in [2.24, 2.45) is 11.8 Å². The van der Waals surface area contributed by atoms with Crippen LogP contribution in [0.4, 0.5) is 0 Å². The van der Waals surface area contributed by atoms with E-state index in [2.05, 4.69) is 46.0 Å². The Morgan fingerprint density at radius 1 is 1.11 bits per heavy atom. The van der Waals surface area contributed by atoms with Crippen molar-refractivity contribution in [1.29, 1.82) is 0 Å². The van der Waals surface area contributed by atoms with Crippen LogP contribution < -0.4 is 5.32 Å². The van der Waals surface area contributed by atoms with Crippen LogP contribution in [0.5, 0.6) is 0 Å². The molecule has 6 atom stereocenters. The zero-order valence-corrected chi connectivity index (χ0v) is 24.1. The highest BCUT2D eigenvalue weighted by Gasteiger charge is 2.72. The molecule has 3 rings (SSSR count). The van der Waals surface area contributed by atoms with Crippen LogP contribution in [-0.2, 0) is 28.5 Å². The number of amides is 1. The lowest BCUT2D eigenvalue weighted by molar-refractivity contribution is -0.172. The molecule has 1 aliphatic carbocycles. The second kappa shape index (κ2) is 13.6. The molecule has 0 aromatic carbocycles. The Morgan fingerprint density at radius 3 is 2.46 bits per heavy atom. The second-order valence-corrected chi connectivity index (χ2v) is 12.2. The molecule has 1 saturated carbocycles. The largest absolute Gasteiger partial charge is 0.460 e. The van der Waals surface area contributed by atoms with E-state index < -0.39 is 0 Å². The molecule has 0 aromatic heterocycles. The molecule has 1 amide bonds. The molecular formula is C30H51NO6. The number of carbonyl (C=O) groups excluding carboxylic acids is 2. The summed E-state index contributed by atoms with van der Waals surface area (Å²) < 4.78 is 24.2. The van der Waals surface area contributed by atoms with Crippen molar-refractivity contribution in [3.05, 3.63) is 11.6 Å². The smallest absolute Gasteiger partial charge is 0.306 e. The maximum absolute atomic E-state index is 12.7. The van der Waals surface area contributed by atoms with Crippen LogP contribution in [0.3, 0.4) is 0 Å². The van der Waals surface area contributed by atoms with E-state index in [0.29, 0.717) is 18.8 Å². The number of rotatable bonds is 16. The topological polar surface area (TPSA) is 89.7 Å². The van der Waals surface area contributed by atoms with Crippen molar-refractivity contribution in [2.75, 3.05) is 20.3 Å². The Hall–Kier alpha value is -1.44. The van der Waals surface area contributed by atoms with Crippen LogP contribution in [0.25, 0.3) is 0 Å². The molecule has 0 aromatic rings. The molecule has 3 fully saturated rings. The lowest BCUT2D eigenvalue weighted by Crippen LogP contribution is -2.55. The fourth-order valence-electron chi connectivity index (χ4n) is 5.96. The van der Waals surface area contributed by atoms with Gasteiger partial charge in [-0.3, -0.25) is 9.59 Å². The van der Waals surface area contributed by atoms with E-state index in [1.54, 1.807) is 7.11 Å². The third-order valence-electron chi connectivity index (χ3n) is 8.35. The van der Waals surface area contributed by atoms with Gasteiger partial charge in [-0.2, -0.15) is 0 Å². The van der Waals surface area contributed by atoms with Gasteiger partial charge in [-0.05, 0) is 65.2 Å². The Labute approximate surface area is 224 Å². The molecule has 1 N–H and O–H groups in total. The van der Waals surface area contributed by atoms with Gasteiger partial charge in [-0.25, -0.2) is 0 Å². The van der Waals surface area contributed by atoms with Gasteiger partial charge in [-0.15, -0.1) is 0 Å². The summed E-state index contributed by atoms with van der Waals surface area (Å²) in [6, 6.07) is 0. The summed E-state index contributed by atoms with van der Waals surface area (Å²) in [7, 11) is 1.71. The zero-order valence-electron chi connectivity index (χ0n) is 24.1. The van der Waals surface area contributed by atoms with Crippen molar-refractivity contribution in [3.63, 3.8) is 0 Å². The van der Waals surface area contributed by atoms with Crippen LogP contribution in [0, 0.1) is 11.8 Å². The molecule has 7 heteroatoms. The van der Waals surface area contributed by atoms with Gasteiger partial charge in [0.1, 0.15) is 23.4 Å². The van der Waals surface area contributed by atoms with Gasteiger partial charge in [0.25, 0.3) is 0 Å². The quantitative estimate of drug-likeness (QED) is 0.125. The van der Waals surface area contributed by atoms with E-state index in [4.69, 9.17) is 18.9 Å². The summed E-state index contributed by atoms with van der Waals surface area (Å²) in [6.45, 7) is 12.1. The minimum Gasteiger partial charge on any atom is -0.460 e. The van der Waals surface area contributed by atoms with Gasteiger partial charge in [0.05, 0.1) is 18.6 Å². The molecule has 37 heavy (non-hydrogen) atoms. The number of nitrogens with one attached hydrogen (secondary N) is 1. The standard InChI is InChI=1S/C30H51NO6/c1-21(2)13-15-24-29(5,37-24)28-27(34-6)23(17-18-30(28)20-35-30)36-26(33)12-10-8-7-9-11-19-31-25(32)16-14-22(3)4/h13,22-24,27-28H,7-12,14-20H2,1-6H3,(H,31,32)/t23?,24-,27?,28?,29?,30+/m1/s1. The minimum atomic E-state index is -0.317. The first-order valence-corrected chi connectivity index (χ1v) is 14.6. The molecule has 3 aliphatic rings. The number of esters is 1. The predicted octanol–water partition coefficient (Wildman–Crippen LogP) is 5.50. The number of hydrogen-bond acceptors (Lipinski definition) is 6. The first-order valence-electron chi connectivity index (χ1n) is 14.6. The molecule has 2 heterocycles. The number of epoxide rings is 2. The Bertz CT molecular complexity index is 787. The van der Waals surface area contributed by atoms with Crippen LogP contribution in [0.1, 0.15) is 105 Å². The SMILES string of the molecule is COC1C(OC(=O)CCCCCCCNC(=O)CCC(C)C)CC[C@]2(CO2)C1C1(C)O[C@@H]1CC=C(C)C. The fourth-order valence-corrected chi connectivity index (χ4v) is 5.96. The van der Waals surface area contributed by atoms with Crippen molar-refractivity contribution < 1.29 is 28.5 Å². The minimum absolute atomic E-state index is 0.0537. The monoisotopic (exact) mass is 521 g/mol. The van der Waals surface area contributed by atoms with Gasteiger partial charge >= 0.3 is 5.97 Å². The van der Waals surface area contributed by atoms with E-state index in [1.807, 2.05) is 0 Å². The number of hydrogen-bond donors (Lipinski definition) is 1. The molecule has 4 unspecified atom stereocenters. The lowest BCUT2D eigenvalue weighted by atomic mass is 9.68. The van der Waals surface area contributed by atoms with Gasteiger partial charge in [-0.1, -0.05) is 44.8 Å². The van der Waals surface area contributed by atoms with E-state index in [0.717, 1.165) is 70.9 Å². The highest BCUT2D eigenvalue weighted by atomic mass is 16.6. The van der Waals surface area contributed by atoms with Crippen LogP contribution in [-0.4, -0.2) is 61.7 Å². The second-order valence-electron chi connectivity index (χ2n) is 12.2. The van der Waals surface area contributed by atoms with E-state index >= 15 is 0 Å². The molecule has 0 radical (unpaired) electrons. The maximum Gasteiger partial charge on any atom is 0.306 e. The summed E-state index contributed by atoms with van der Waals surface area (Å²) in [6.07, 6.45) is 11.3. The Balaban J connectivity index is 1.35. The number of ether oxygens (including phenoxy) is 4. The number of carbonyl (C=O) groups is 2. The van der Waals surface area contributed by atoms with Gasteiger partial charge < -0.3 is 24.3 Å². The summed E-state index contributed by atoms with van der Waals surface area (Å²) in [5.74, 6) is 0.624. The molecule has 0 bridgehead atoms. The first kappa shape index (κ1) is 30.1. The maximum atomic E-state index is 12.7. The third-order valence-corrected chi connectivity index (χ3v) is 8.35. The van der Waals surface area contributed by atoms with Crippen molar-refractivity contribution >= 4 is 11.9 Å². The molecule has 2 saturated heterocycles. The molecular weight excluding hydrogens is 470 g/mol. The lowest BCUT2D eigenvalue weighted by Gasteiger charge is -2.42. The third kappa shape index (κ3) is 8.52. The molecule has 212 valence electrons. The summed E-state index contributed by atoms with van der Waals surface area (Å²) >= 11 is 0. The van der Waals surface area contributed by atoms with Gasteiger partial charge in [0.2, 0.25) is 5.91 Å². The normalized spacial score (nSPS) is 32.3. The van der Waals surface area contributed by atoms with Crippen molar-refractivity contribution in [1.82, 2.24) is 5.32 Å². The fraction of sp³-hybridized carbons (Fsp3) is 0.867. The average Bonchev–Trinajstić information content (AvgIpc) is 3.76. The van der Waals surface area contributed by atoms with E-state index in [-0.39, 0.29) is 47.3 Å². The molecule has 7 nitrogen and oxygen atoms in total. The van der Waals surface area contributed by atoms with Gasteiger partial charge in [0.15, 0.2) is 0 Å². The highest BCUT2D eigenvalue weighted by Crippen LogP contribution is 2.59. The predicted molar refractivity (Wildman–Crippen MR) is 144 cm³/mol. The van der Waals surface area contributed by atoms with Crippen LogP contribution in [0.15, 0.2) is 11.6 Å². The Kier molecular flexibility index (Phi) is 11.0. The van der Waals surface area contributed by atoms with Crippen molar-refractivity contribution in [2.45, 2.75) is 135 Å². The molecule has 1 spiro atoms. The Morgan fingerprint density at radius 2 is 1.81 bits per heavy atom. The molecule has 2 aliphatic heterocycles. The van der Waals surface area contributed by atoms with E-state index in [1.165, 1.54) is 5.57 Å². The van der Waals surface area contributed by atoms with Crippen molar-refractivity contribution in [3.8, 4) is 0 Å². The summed E-state index contributed by atoms with van der Waals surface area (Å²) in [5, 5.41) is 3.00. The summed E-state index contributed by atoms with van der Waals surface area (Å²) in [4.78, 5) is 24.5. The van der Waals surface area contributed by atoms with Crippen LogP contribution in [0.2, 0.25) is 0 Å². The average molecular weight is 522 g/mol. The highest BCUT2D eigenvalue weighted by molar-refractivity contribution is 5.75. The van der Waals surface area contributed by atoms with Crippen LogP contribution >= 0.6 is 0 Å². The zero-order chi connectivity index (χ0) is 27.1. The first-order chi connectivity index (χ1) is 17.6. The summed E-state index contributed by atoms with van der Waals surface area (Å²) in [5.41, 5.74) is 0.770. The van der Waals surface area contributed by atoms with E-state index in [9.17, 15) is 9.59 Å². The number of unbranched alkanes of at least 4 members (excludes halogenated alkanes) is 4. The number of methoxy groups -OCH3 is 1. The van der Waals surface area contributed by atoms with Gasteiger partial charge in [0, 0.05) is 26.5 Å².